The van der Waals surface area contributed by atoms with E-state index in [0.29, 0.717) is 6.54 Å². The van der Waals surface area contributed by atoms with Crippen LogP contribution < -0.4 is 4.90 Å². The minimum absolute atomic E-state index is 0.265. The largest absolute Gasteiger partial charge is 0.481 e. The molecule has 1 aliphatic rings. The number of benzene rings is 1. The fraction of sp³-hybridized carbons (Fsp3) is 0.385. The van der Waals surface area contributed by atoms with E-state index >= 15 is 0 Å². The van der Waals surface area contributed by atoms with Crippen molar-refractivity contribution in [3.63, 3.8) is 0 Å². The molecule has 0 bridgehead atoms. The lowest BCUT2D eigenvalue weighted by atomic mass is 9.98. The quantitative estimate of drug-likeness (QED) is 0.904. The zero-order chi connectivity index (χ0) is 12.5. The van der Waals surface area contributed by atoms with E-state index in [1.807, 2.05) is 12.1 Å². The van der Waals surface area contributed by atoms with E-state index in [2.05, 4.69) is 21.4 Å². The molecule has 2 heterocycles. The van der Waals surface area contributed by atoms with Gasteiger partial charge in [0.25, 0.3) is 0 Å². The van der Waals surface area contributed by atoms with Crippen molar-refractivity contribution in [2.24, 2.45) is 5.92 Å². The van der Waals surface area contributed by atoms with Crippen molar-refractivity contribution in [2.45, 2.75) is 12.8 Å². The lowest BCUT2D eigenvalue weighted by Gasteiger charge is -2.31. The zero-order valence-corrected chi connectivity index (χ0v) is 10.7. The van der Waals surface area contributed by atoms with Crippen molar-refractivity contribution in [1.82, 2.24) is 4.37 Å². The maximum absolute atomic E-state index is 11.1. The summed E-state index contributed by atoms with van der Waals surface area (Å²) in [5.74, 6) is -0.0139. The van der Waals surface area contributed by atoms with Crippen LogP contribution in [0.5, 0.6) is 0 Å². The summed E-state index contributed by atoms with van der Waals surface area (Å²) in [5, 5.41) is 10.3. The topological polar surface area (TPSA) is 53.4 Å². The molecule has 4 nitrogen and oxygen atoms in total. The van der Waals surface area contributed by atoms with Gasteiger partial charge in [-0.1, -0.05) is 12.1 Å². The Balaban J connectivity index is 1.92. The number of hydrogen-bond acceptors (Lipinski definition) is 4. The van der Waals surface area contributed by atoms with Gasteiger partial charge in [0, 0.05) is 18.5 Å². The summed E-state index contributed by atoms with van der Waals surface area (Å²) < 4.78 is 5.64. The highest BCUT2D eigenvalue weighted by atomic mass is 32.1. The second-order valence-electron chi connectivity index (χ2n) is 4.63. The van der Waals surface area contributed by atoms with Gasteiger partial charge in [0.2, 0.25) is 0 Å². The Morgan fingerprint density at radius 1 is 1.44 bits per heavy atom. The standard InChI is InChI=1S/C13H14N2O2S/c16-13(17)9-4-3-7-15(8-9)12-10-5-1-2-6-11(10)18-14-12/h1-2,5-6,9H,3-4,7-8H2,(H,16,17)/t9-/m0/s1. The Morgan fingerprint density at radius 3 is 3.11 bits per heavy atom. The van der Waals surface area contributed by atoms with Crippen LogP contribution in [0.15, 0.2) is 24.3 Å². The number of carboxylic acids is 1. The number of hydrogen-bond donors (Lipinski definition) is 1. The minimum atomic E-state index is -0.695. The molecule has 1 N–H and O–H groups in total. The smallest absolute Gasteiger partial charge is 0.308 e. The molecule has 5 heteroatoms. The third-order valence-corrected chi connectivity index (χ3v) is 4.25. The number of anilines is 1. The van der Waals surface area contributed by atoms with Crippen molar-refractivity contribution in [3.05, 3.63) is 24.3 Å². The van der Waals surface area contributed by atoms with E-state index in [4.69, 9.17) is 5.11 Å². The van der Waals surface area contributed by atoms with Gasteiger partial charge in [-0.05, 0) is 36.5 Å². The molecule has 0 spiro atoms. The van der Waals surface area contributed by atoms with Crippen molar-refractivity contribution >= 4 is 33.4 Å². The van der Waals surface area contributed by atoms with E-state index in [9.17, 15) is 4.79 Å². The van der Waals surface area contributed by atoms with Gasteiger partial charge in [0.1, 0.15) is 5.82 Å². The minimum Gasteiger partial charge on any atom is -0.481 e. The first-order valence-corrected chi connectivity index (χ1v) is 6.85. The second-order valence-corrected chi connectivity index (χ2v) is 5.43. The molecule has 0 amide bonds. The first kappa shape index (κ1) is 11.5. The summed E-state index contributed by atoms with van der Waals surface area (Å²) in [6.45, 7) is 1.47. The van der Waals surface area contributed by atoms with Crippen LogP contribution >= 0.6 is 11.5 Å². The molecule has 1 fully saturated rings. The average Bonchev–Trinajstić information content (AvgIpc) is 2.82. The van der Waals surface area contributed by atoms with Gasteiger partial charge in [0.15, 0.2) is 0 Å². The van der Waals surface area contributed by atoms with Crippen LogP contribution in [0.3, 0.4) is 0 Å². The number of rotatable bonds is 2. The first-order chi connectivity index (χ1) is 8.75. The van der Waals surface area contributed by atoms with Gasteiger partial charge in [-0.3, -0.25) is 4.79 Å². The molecule has 0 radical (unpaired) electrons. The highest BCUT2D eigenvalue weighted by molar-refractivity contribution is 7.13. The summed E-state index contributed by atoms with van der Waals surface area (Å²) in [6.07, 6.45) is 1.69. The first-order valence-electron chi connectivity index (χ1n) is 6.08. The van der Waals surface area contributed by atoms with Crippen LogP contribution in [0.4, 0.5) is 5.82 Å². The Kier molecular flexibility index (Phi) is 2.91. The Bertz CT molecular complexity index is 581. The second kappa shape index (κ2) is 4.57. The fourth-order valence-electron chi connectivity index (χ4n) is 2.47. The SMILES string of the molecule is O=C(O)[C@H]1CCCN(c2nsc3ccccc23)C1. The molecular formula is C13H14N2O2S. The highest BCUT2D eigenvalue weighted by Gasteiger charge is 2.27. The van der Waals surface area contributed by atoms with Crippen LogP contribution in [-0.2, 0) is 4.79 Å². The Hall–Kier alpha value is -1.62. The molecule has 94 valence electrons. The van der Waals surface area contributed by atoms with Gasteiger partial charge < -0.3 is 10.0 Å². The predicted molar refractivity (Wildman–Crippen MR) is 72.2 cm³/mol. The summed E-state index contributed by atoms with van der Waals surface area (Å²) >= 11 is 1.48. The third kappa shape index (κ3) is 1.95. The molecule has 0 unspecified atom stereocenters. The third-order valence-electron chi connectivity index (χ3n) is 3.43. The van der Waals surface area contributed by atoms with E-state index in [-0.39, 0.29) is 5.92 Å². The van der Waals surface area contributed by atoms with Crippen molar-refractivity contribution < 1.29 is 9.90 Å². The molecule has 18 heavy (non-hydrogen) atoms. The molecule has 1 atom stereocenters. The summed E-state index contributed by atoms with van der Waals surface area (Å²) in [4.78, 5) is 13.2. The van der Waals surface area contributed by atoms with Crippen LogP contribution in [0.25, 0.3) is 10.1 Å². The van der Waals surface area contributed by atoms with E-state index in [1.54, 1.807) is 0 Å². The summed E-state index contributed by atoms with van der Waals surface area (Å²) in [5.41, 5.74) is 0. The normalized spacial score (nSPS) is 20.2. The number of carboxylic acid groups (broad SMARTS) is 1. The number of piperidine rings is 1. The van der Waals surface area contributed by atoms with Crippen LogP contribution in [0, 0.1) is 5.92 Å². The van der Waals surface area contributed by atoms with Crippen molar-refractivity contribution in [1.29, 1.82) is 0 Å². The number of carbonyl (C=O) groups is 1. The van der Waals surface area contributed by atoms with Gasteiger partial charge in [-0.15, -0.1) is 0 Å². The lowest BCUT2D eigenvalue weighted by Crippen LogP contribution is -2.38. The molecule has 0 saturated carbocycles. The zero-order valence-electron chi connectivity index (χ0n) is 9.87. The van der Waals surface area contributed by atoms with Gasteiger partial charge in [-0.2, -0.15) is 4.37 Å². The number of fused-ring (bicyclic) bond motifs is 1. The number of nitrogens with zero attached hydrogens (tertiary/aromatic N) is 2. The lowest BCUT2D eigenvalue weighted by molar-refractivity contribution is -0.141. The molecule has 3 rings (SSSR count). The molecule has 1 aliphatic heterocycles. The van der Waals surface area contributed by atoms with E-state index in [1.165, 1.54) is 11.5 Å². The maximum Gasteiger partial charge on any atom is 0.308 e. The molecule has 2 aromatic rings. The number of aliphatic carboxylic acids is 1. The van der Waals surface area contributed by atoms with Gasteiger partial charge in [-0.25, -0.2) is 0 Å². The molecule has 1 aromatic heterocycles. The van der Waals surface area contributed by atoms with Crippen molar-refractivity contribution in [3.8, 4) is 0 Å². The molecular weight excluding hydrogens is 248 g/mol. The van der Waals surface area contributed by atoms with Crippen LogP contribution in [0.2, 0.25) is 0 Å². The van der Waals surface area contributed by atoms with E-state index < -0.39 is 5.97 Å². The summed E-state index contributed by atoms with van der Waals surface area (Å²) in [6, 6.07) is 8.10. The van der Waals surface area contributed by atoms with Gasteiger partial charge >= 0.3 is 5.97 Å². The average molecular weight is 262 g/mol. The van der Waals surface area contributed by atoms with Gasteiger partial charge in [0.05, 0.1) is 10.6 Å². The molecule has 1 saturated heterocycles. The molecule has 0 aliphatic carbocycles. The van der Waals surface area contributed by atoms with Crippen LogP contribution in [-0.4, -0.2) is 28.5 Å². The highest BCUT2D eigenvalue weighted by Crippen LogP contribution is 2.31. The maximum atomic E-state index is 11.1. The van der Waals surface area contributed by atoms with Crippen molar-refractivity contribution in [2.75, 3.05) is 18.0 Å². The predicted octanol–water partition coefficient (Wildman–Crippen LogP) is 2.60. The Morgan fingerprint density at radius 2 is 2.28 bits per heavy atom. The number of aromatic nitrogens is 1. The van der Waals surface area contributed by atoms with Crippen LogP contribution in [0.1, 0.15) is 12.8 Å². The monoisotopic (exact) mass is 262 g/mol. The fourth-order valence-corrected chi connectivity index (χ4v) is 3.27. The molecule has 1 aromatic carbocycles. The Labute approximate surface area is 109 Å². The summed E-state index contributed by atoms with van der Waals surface area (Å²) in [7, 11) is 0. The van der Waals surface area contributed by atoms with E-state index in [0.717, 1.165) is 35.3 Å².